The highest BCUT2D eigenvalue weighted by Gasteiger charge is 2.09. The third-order valence-electron chi connectivity index (χ3n) is 3.10. The van der Waals surface area contributed by atoms with Crippen LogP contribution in [0.4, 0.5) is 5.69 Å². The Morgan fingerprint density at radius 1 is 1.05 bits per heavy atom. The molecule has 0 spiro atoms. The number of methoxy groups -OCH3 is 1. The Balaban J connectivity index is 2.15. The van der Waals surface area contributed by atoms with Crippen LogP contribution in [0.1, 0.15) is 26.3 Å². The molecular formula is C16H16N2O3. The van der Waals surface area contributed by atoms with Crippen LogP contribution in [0.25, 0.3) is 0 Å². The minimum atomic E-state index is -0.504. The molecule has 0 aliphatic carbocycles. The average molecular weight is 284 g/mol. The molecule has 2 amide bonds. The molecule has 5 heteroatoms. The van der Waals surface area contributed by atoms with E-state index in [2.05, 4.69) is 5.32 Å². The van der Waals surface area contributed by atoms with Crippen molar-refractivity contribution < 1.29 is 14.3 Å². The van der Waals surface area contributed by atoms with E-state index in [9.17, 15) is 9.59 Å². The zero-order valence-corrected chi connectivity index (χ0v) is 11.8. The largest absolute Gasteiger partial charge is 0.496 e. The van der Waals surface area contributed by atoms with E-state index in [1.54, 1.807) is 43.5 Å². The Bertz CT molecular complexity index is 678. The number of hydrogen-bond acceptors (Lipinski definition) is 3. The fraction of sp³-hybridized carbons (Fsp3) is 0.125. The van der Waals surface area contributed by atoms with Crippen molar-refractivity contribution in [1.82, 2.24) is 0 Å². The molecule has 2 aromatic rings. The Labute approximate surface area is 122 Å². The fourth-order valence-corrected chi connectivity index (χ4v) is 1.88. The lowest BCUT2D eigenvalue weighted by Crippen LogP contribution is -2.13. The lowest BCUT2D eigenvalue weighted by molar-refractivity contribution is 0.0998. The Kier molecular flexibility index (Phi) is 4.23. The average Bonchev–Trinajstić information content (AvgIpc) is 2.48. The first-order valence-electron chi connectivity index (χ1n) is 6.37. The van der Waals surface area contributed by atoms with Crippen molar-refractivity contribution in [2.45, 2.75) is 6.92 Å². The first kappa shape index (κ1) is 14.6. The van der Waals surface area contributed by atoms with E-state index in [0.29, 0.717) is 22.6 Å². The minimum Gasteiger partial charge on any atom is -0.496 e. The molecule has 0 bridgehead atoms. The Morgan fingerprint density at radius 3 is 2.24 bits per heavy atom. The van der Waals surface area contributed by atoms with Gasteiger partial charge in [0.25, 0.3) is 5.91 Å². The van der Waals surface area contributed by atoms with Crippen molar-refractivity contribution in [2.75, 3.05) is 12.4 Å². The van der Waals surface area contributed by atoms with Crippen molar-refractivity contribution in [3.05, 3.63) is 59.2 Å². The van der Waals surface area contributed by atoms with Gasteiger partial charge in [-0.3, -0.25) is 9.59 Å². The molecular weight excluding hydrogens is 268 g/mol. The van der Waals surface area contributed by atoms with E-state index in [-0.39, 0.29) is 5.91 Å². The van der Waals surface area contributed by atoms with Gasteiger partial charge in [0.1, 0.15) is 5.75 Å². The van der Waals surface area contributed by atoms with Crippen molar-refractivity contribution in [3.63, 3.8) is 0 Å². The summed E-state index contributed by atoms with van der Waals surface area (Å²) >= 11 is 0. The topological polar surface area (TPSA) is 81.4 Å². The Hall–Kier alpha value is -2.82. The van der Waals surface area contributed by atoms with Gasteiger partial charge in [0, 0.05) is 16.8 Å². The zero-order chi connectivity index (χ0) is 15.4. The fourth-order valence-electron chi connectivity index (χ4n) is 1.88. The molecule has 0 radical (unpaired) electrons. The van der Waals surface area contributed by atoms with Gasteiger partial charge in [-0.15, -0.1) is 0 Å². The summed E-state index contributed by atoms with van der Waals surface area (Å²) in [5.41, 5.74) is 7.60. The molecule has 0 aliphatic rings. The third-order valence-corrected chi connectivity index (χ3v) is 3.10. The van der Waals surface area contributed by atoms with Crippen molar-refractivity contribution in [2.24, 2.45) is 5.73 Å². The minimum absolute atomic E-state index is 0.250. The number of carbonyl (C=O) groups is 2. The predicted octanol–water partition coefficient (Wildman–Crippen LogP) is 2.35. The van der Waals surface area contributed by atoms with Crippen molar-refractivity contribution in [3.8, 4) is 5.75 Å². The van der Waals surface area contributed by atoms with Gasteiger partial charge < -0.3 is 15.8 Å². The summed E-state index contributed by atoms with van der Waals surface area (Å²) in [6.45, 7) is 1.91. The van der Waals surface area contributed by atoms with Gasteiger partial charge in [0.05, 0.1) is 7.11 Å². The summed E-state index contributed by atoms with van der Waals surface area (Å²) in [5, 5.41) is 2.75. The maximum atomic E-state index is 12.2. The van der Waals surface area contributed by atoms with Gasteiger partial charge >= 0.3 is 0 Å². The number of rotatable bonds is 4. The van der Waals surface area contributed by atoms with Crippen LogP contribution in [0, 0.1) is 6.92 Å². The maximum absolute atomic E-state index is 12.2. The molecule has 2 aromatic carbocycles. The SMILES string of the molecule is COc1cc(C(=O)Nc2ccc(C(N)=O)cc2)ccc1C. The smallest absolute Gasteiger partial charge is 0.255 e. The van der Waals surface area contributed by atoms with Gasteiger partial charge in [-0.05, 0) is 48.9 Å². The molecule has 3 N–H and O–H groups in total. The standard InChI is InChI=1S/C16H16N2O3/c1-10-3-4-12(9-14(10)21-2)16(20)18-13-7-5-11(6-8-13)15(17)19/h3-9H,1-2H3,(H2,17,19)(H,18,20). The number of aryl methyl sites for hydroxylation is 1. The van der Waals surface area contributed by atoms with Crippen LogP contribution in [0.2, 0.25) is 0 Å². The quantitative estimate of drug-likeness (QED) is 0.904. The van der Waals surface area contributed by atoms with E-state index in [4.69, 9.17) is 10.5 Å². The number of carbonyl (C=O) groups excluding carboxylic acids is 2. The van der Waals surface area contributed by atoms with Crippen LogP contribution in [0.5, 0.6) is 5.75 Å². The highest BCUT2D eigenvalue weighted by Crippen LogP contribution is 2.20. The van der Waals surface area contributed by atoms with Gasteiger partial charge in [0.15, 0.2) is 0 Å². The molecule has 0 unspecified atom stereocenters. The summed E-state index contributed by atoms with van der Waals surface area (Å²) in [6, 6.07) is 11.6. The van der Waals surface area contributed by atoms with E-state index >= 15 is 0 Å². The van der Waals surface area contributed by atoms with Crippen molar-refractivity contribution in [1.29, 1.82) is 0 Å². The maximum Gasteiger partial charge on any atom is 0.255 e. The molecule has 0 fully saturated rings. The lowest BCUT2D eigenvalue weighted by atomic mass is 10.1. The summed E-state index contributed by atoms with van der Waals surface area (Å²) in [6.07, 6.45) is 0. The van der Waals surface area contributed by atoms with E-state index < -0.39 is 5.91 Å². The summed E-state index contributed by atoms with van der Waals surface area (Å²) in [5.74, 6) is -0.0944. The van der Waals surface area contributed by atoms with E-state index in [0.717, 1.165) is 5.56 Å². The number of ether oxygens (including phenoxy) is 1. The normalized spacial score (nSPS) is 10.0. The van der Waals surface area contributed by atoms with E-state index in [1.807, 2.05) is 13.0 Å². The number of nitrogens with one attached hydrogen (secondary N) is 1. The number of anilines is 1. The summed E-state index contributed by atoms with van der Waals surface area (Å²) in [4.78, 5) is 23.1. The second-order valence-electron chi connectivity index (χ2n) is 4.58. The summed E-state index contributed by atoms with van der Waals surface area (Å²) < 4.78 is 5.20. The summed E-state index contributed by atoms with van der Waals surface area (Å²) in [7, 11) is 1.56. The molecule has 0 heterocycles. The highest BCUT2D eigenvalue weighted by atomic mass is 16.5. The molecule has 5 nitrogen and oxygen atoms in total. The molecule has 0 saturated heterocycles. The van der Waals surface area contributed by atoms with Gasteiger partial charge in [-0.25, -0.2) is 0 Å². The number of primary amides is 1. The molecule has 0 atom stereocenters. The van der Waals surface area contributed by atoms with Crippen LogP contribution < -0.4 is 15.8 Å². The van der Waals surface area contributed by atoms with Crippen LogP contribution in [0.3, 0.4) is 0 Å². The van der Waals surface area contributed by atoms with Crippen LogP contribution in [-0.2, 0) is 0 Å². The zero-order valence-electron chi connectivity index (χ0n) is 11.8. The monoisotopic (exact) mass is 284 g/mol. The number of nitrogens with two attached hydrogens (primary N) is 1. The predicted molar refractivity (Wildman–Crippen MR) is 80.6 cm³/mol. The second-order valence-corrected chi connectivity index (χ2v) is 4.58. The molecule has 0 aliphatic heterocycles. The molecule has 0 saturated carbocycles. The van der Waals surface area contributed by atoms with Crippen molar-refractivity contribution >= 4 is 17.5 Å². The van der Waals surface area contributed by atoms with Crippen LogP contribution in [0.15, 0.2) is 42.5 Å². The first-order valence-corrected chi connectivity index (χ1v) is 6.37. The van der Waals surface area contributed by atoms with Crippen LogP contribution >= 0.6 is 0 Å². The first-order chi connectivity index (χ1) is 10.0. The van der Waals surface area contributed by atoms with Gasteiger partial charge in [0.2, 0.25) is 5.91 Å². The van der Waals surface area contributed by atoms with E-state index in [1.165, 1.54) is 0 Å². The second kappa shape index (κ2) is 6.09. The molecule has 2 rings (SSSR count). The van der Waals surface area contributed by atoms with Gasteiger partial charge in [-0.1, -0.05) is 6.07 Å². The molecule has 21 heavy (non-hydrogen) atoms. The Morgan fingerprint density at radius 2 is 1.67 bits per heavy atom. The van der Waals surface area contributed by atoms with Gasteiger partial charge in [-0.2, -0.15) is 0 Å². The lowest BCUT2D eigenvalue weighted by Gasteiger charge is -2.09. The van der Waals surface area contributed by atoms with Crippen LogP contribution in [-0.4, -0.2) is 18.9 Å². The number of benzene rings is 2. The number of amides is 2. The third kappa shape index (κ3) is 3.39. The molecule has 108 valence electrons. The highest BCUT2D eigenvalue weighted by molar-refractivity contribution is 6.04. The number of hydrogen-bond donors (Lipinski definition) is 2. The molecule has 0 aromatic heterocycles.